The number of benzene rings is 3. The molecule has 0 unspecified atom stereocenters. The molecule has 5 heteroatoms. The summed E-state index contributed by atoms with van der Waals surface area (Å²) in [5.74, 6) is 0.794. The lowest BCUT2D eigenvalue weighted by Gasteiger charge is -2.14. The lowest BCUT2D eigenvalue weighted by Crippen LogP contribution is -2.04. The van der Waals surface area contributed by atoms with E-state index in [1.807, 2.05) is 24.3 Å². The summed E-state index contributed by atoms with van der Waals surface area (Å²) in [6.07, 6.45) is 0. The van der Waals surface area contributed by atoms with Gasteiger partial charge in [0.25, 0.3) is 0 Å². The van der Waals surface area contributed by atoms with Gasteiger partial charge in [0.15, 0.2) is 0 Å². The van der Waals surface area contributed by atoms with Gasteiger partial charge in [0.2, 0.25) is 0 Å². The third kappa shape index (κ3) is 5.07. The van der Waals surface area contributed by atoms with Gasteiger partial charge in [-0.3, -0.25) is 0 Å². The van der Waals surface area contributed by atoms with Crippen molar-refractivity contribution in [2.24, 2.45) is 0 Å². The minimum atomic E-state index is 0.502. The minimum Gasteiger partial charge on any atom is -0.489 e. The zero-order valence-electron chi connectivity index (χ0n) is 14.2. The monoisotopic (exact) mass is 405 g/mol. The predicted octanol–water partition coefficient (Wildman–Crippen LogP) is 7.15. The molecule has 0 spiro atoms. The maximum absolute atomic E-state index is 6.16. The first-order valence-electron chi connectivity index (χ1n) is 8.17. The van der Waals surface area contributed by atoms with Gasteiger partial charge in [-0.15, -0.1) is 0 Å². The summed E-state index contributed by atoms with van der Waals surface area (Å²) in [6, 6.07) is 19.3. The van der Waals surface area contributed by atoms with Crippen LogP contribution in [-0.2, 0) is 13.2 Å². The van der Waals surface area contributed by atoms with Crippen LogP contribution in [0.5, 0.6) is 5.75 Å². The van der Waals surface area contributed by atoms with Crippen molar-refractivity contribution in [3.05, 3.63) is 92.4 Å². The van der Waals surface area contributed by atoms with Gasteiger partial charge < -0.3 is 10.1 Å². The van der Waals surface area contributed by atoms with Crippen LogP contribution in [0, 0.1) is 6.92 Å². The fourth-order valence-corrected chi connectivity index (χ4v) is 2.97. The van der Waals surface area contributed by atoms with Crippen LogP contribution in [0.15, 0.2) is 60.7 Å². The van der Waals surface area contributed by atoms with E-state index in [2.05, 4.69) is 36.5 Å². The van der Waals surface area contributed by atoms with Crippen molar-refractivity contribution in [2.75, 3.05) is 5.32 Å². The van der Waals surface area contributed by atoms with Gasteiger partial charge in [0.05, 0.1) is 10.0 Å². The average Bonchev–Trinajstić information content (AvgIpc) is 2.63. The molecule has 0 aliphatic carbocycles. The van der Waals surface area contributed by atoms with E-state index in [-0.39, 0.29) is 0 Å². The van der Waals surface area contributed by atoms with Gasteiger partial charge in [-0.1, -0.05) is 64.6 Å². The maximum atomic E-state index is 6.16. The highest BCUT2D eigenvalue weighted by atomic mass is 35.5. The first kappa shape index (κ1) is 18.9. The largest absolute Gasteiger partial charge is 0.489 e. The molecule has 0 bridgehead atoms. The zero-order valence-corrected chi connectivity index (χ0v) is 16.5. The Hall–Kier alpha value is -1.87. The molecular formula is C21H18Cl3NO. The van der Waals surface area contributed by atoms with Gasteiger partial charge in [0, 0.05) is 22.8 Å². The Bertz CT molecular complexity index is 894. The molecule has 0 amide bonds. The number of hydrogen-bond donors (Lipinski definition) is 1. The topological polar surface area (TPSA) is 21.3 Å². The average molecular weight is 407 g/mol. The smallest absolute Gasteiger partial charge is 0.124 e. The molecule has 0 saturated heterocycles. The lowest BCUT2D eigenvalue weighted by molar-refractivity contribution is 0.303. The van der Waals surface area contributed by atoms with Crippen LogP contribution in [0.1, 0.15) is 16.7 Å². The van der Waals surface area contributed by atoms with Crippen molar-refractivity contribution in [1.82, 2.24) is 0 Å². The minimum absolute atomic E-state index is 0.502. The highest BCUT2D eigenvalue weighted by Crippen LogP contribution is 2.28. The van der Waals surface area contributed by atoms with Crippen molar-refractivity contribution in [2.45, 2.75) is 20.1 Å². The van der Waals surface area contributed by atoms with Crippen molar-refractivity contribution >= 4 is 40.5 Å². The molecule has 0 aromatic heterocycles. The summed E-state index contributed by atoms with van der Waals surface area (Å²) in [4.78, 5) is 0. The Morgan fingerprint density at radius 2 is 1.62 bits per heavy atom. The second-order valence-electron chi connectivity index (χ2n) is 6.01. The first-order chi connectivity index (χ1) is 12.5. The third-order valence-corrected chi connectivity index (χ3v) is 4.91. The number of hydrogen-bond acceptors (Lipinski definition) is 2. The van der Waals surface area contributed by atoms with E-state index >= 15 is 0 Å². The van der Waals surface area contributed by atoms with Crippen LogP contribution >= 0.6 is 34.8 Å². The number of aryl methyl sites for hydroxylation is 1. The van der Waals surface area contributed by atoms with E-state index in [0.29, 0.717) is 28.2 Å². The summed E-state index contributed by atoms with van der Waals surface area (Å²) in [6.45, 7) is 3.13. The molecule has 3 aromatic carbocycles. The Kier molecular flexibility index (Phi) is 6.31. The fraction of sp³-hybridized carbons (Fsp3) is 0.143. The summed E-state index contributed by atoms with van der Waals surface area (Å²) >= 11 is 18.2. The van der Waals surface area contributed by atoms with E-state index in [4.69, 9.17) is 39.5 Å². The van der Waals surface area contributed by atoms with Crippen molar-refractivity contribution in [3.8, 4) is 5.75 Å². The fourth-order valence-electron chi connectivity index (χ4n) is 2.48. The zero-order chi connectivity index (χ0) is 18.5. The SMILES string of the molecule is Cc1ccc(COc2ccc(Cl)cc2CNc2ccc(Cl)c(Cl)c2)cc1. The van der Waals surface area contributed by atoms with Crippen LogP contribution in [0.25, 0.3) is 0 Å². The van der Waals surface area contributed by atoms with Crippen LogP contribution in [-0.4, -0.2) is 0 Å². The molecule has 0 aliphatic heterocycles. The number of nitrogens with one attached hydrogen (secondary N) is 1. The number of halogens is 3. The van der Waals surface area contributed by atoms with E-state index in [1.165, 1.54) is 5.56 Å². The van der Waals surface area contributed by atoms with Crippen molar-refractivity contribution in [3.63, 3.8) is 0 Å². The molecule has 1 N–H and O–H groups in total. The molecule has 0 saturated carbocycles. The highest BCUT2D eigenvalue weighted by Gasteiger charge is 2.07. The molecule has 0 heterocycles. The van der Waals surface area contributed by atoms with Crippen LogP contribution < -0.4 is 10.1 Å². The standard InChI is InChI=1S/C21H18Cl3NO/c1-14-2-4-15(5-3-14)13-26-21-9-6-17(22)10-16(21)12-25-18-7-8-19(23)20(24)11-18/h2-11,25H,12-13H2,1H3. The molecule has 0 radical (unpaired) electrons. The van der Waals surface area contributed by atoms with E-state index < -0.39 is 0 Å². The van der Waals surface area contributed by atoms with Gasteiger partial charge in [-0.25, -0.2) is 0 Å². The second-order valence-corrected chi connectivity index (χ2v) is 7.26. The summed E-state index contributed by atoms with van der Waals surface area (Å²) < 4.78 is 6.00. The normalized spacial score (nSPS) is 10.6. The first-order valence-corrected chi connectivity index (χ1v) is 9.30. The molecule has 0 fully saturated rings. The third-order valence-electron chi connectivity index (χ3n) is 3.94. The Labute approximate surface area is 168 Å². The van der Waals surface area contributed by atoms with Crippen LogP contribution in [0.3, 0.4) is 0 Å². The Balaban J connectivity index is 1.70. The maximum Gasteiger partial charge on any atom is 0.124 e. The molecule has 3 aromatic rings. The molecular weight excluding hydrogens is 389 g/mol. The van der Waals surface area contributed by atoms with Gasteiger partial charge in [-0.2, -0.15) is 0 Å². The van der Waals surface area contributed by atoms with Crippen molar-refractivity contribution in [1.29, 1.82) is 0 Å². The van der Waals surface area contributed by atoms with Gasteiger partial charge >= 0.3 is 0 Å². The lowest BCUT2D eigenvalue weighted by atomic mass is 10.1. The second kappa shape index (κ2) is 8.68. The van der Waals surface area contributed by atoms with E-state index in [0.717, 1.165) is 22.6 Å². The molecule has 134 valence electrons. The highest BCUT2D eigenvalue weighted by molar-refractivity contribution is 6.42. The molecule has 0 aliphatic rings. The quantitative estimate of drug-likeness (QED) is 0.469. The van der Waals surface area contributed by atoms with E-state index in [9.17, 15) is 0 Å². The van der Waals surface area contributed by atoms with E-state index in [1.54, 1.807) is 12.1 Å². The number of rotatable bonds is 6. The summed E-state index contributed by atoms with van der Waals surface area (Å²) in [5.41, 5.74) is 4.19. The number of anilines is 1. The summed E-state index contributed by atoms with van der Waals surface area (Å²) in [5, 5.41) is 5.03. The molecule has 2 nitrogen and oxygen atoms in total. The predicted molar refractivity (Wildman–Crippen MR) is 111 cm³/mol. The summed E-state index contributed by atoms with van der Waals surface area (Å²) in [7, 11) is 0. The molecule has 0 atom stereocenters. The van der Waals surface area contributed by atoms with Crippen molar-refractivity contribution < 1.29 is 4.74 Å². The Morgan fingerprint density at radius 1 is 0.846 bits per heavy atom. The van der Waals surface area contributed by atoms with Crippen LogP contribution in [0.2, 0.25) is 15.1 Å². The van der Waals surface area contributed by atoms with Crippen LogP contribution in [0.4, 0.5) is 5.69 Å². The number of ether oxygens (including phenoxy) is 1. The van der Waals surface area contributed by atoms with Gasteiger partial charge in [0.1, 0.15) is 12.4 Å². The Morgan fingerprint density at radius 3 is 2.35 bits per heavy atom. The molecule has 26 heavy (non-hydrogen) atoms. The molecule has 3 rings (SSSR count). The van der Waals surface area contributed by atoms with Gasteiger partial charge in [-0.05, 0) is 48.9 Å².